The van der Waals surface area contributed by atoms with Crippen LogP contribution in [0.15, 0.2) is 0 Å². The zero-order valence-electron chi connectivity index (χ0n) is 7.47. The fourth-order valence-electron chi connectivity index (χ4n) is 2.05. The Bertz CT molecular complexity index is 129. The molecule has 2 aliphatic rings. The van der Waals surface area contributed by atoms with Gasteiger partial charge < -0.3 is 5.32 Å². The van der Waals surface area contributed by atoms with Crippen LogP contribution >= 0.6 is 0 Å². The van der Waals surface area contributed by atoms with E-state index in [1.165, 1.54) is 38.6 Å². The third-order valence-corrected chi connectivity index (χ3v) is 3.09. The van der Waals surface area contributed by atoms with E-state index in [1.807, 2.05) is 0 Å². The zero-order valence-corrected chi connectivity index (χ0v) is 7.47. The summed E-state index contributed by atoms with van der Waals surface area (Å²) in [5.74, 6) is 2.03. The summed E-state index contributed by atoms with van der Waals surface area (Å²) in [6, 6.07) is 0.866. The summed E-state index contributed by atoms with van der Waals surface area (Å²) in [7, 11) is 0. The van der Waals surface area contributed by atoms with E-state index in [0.717, 1.165) is 17.9 Å². The molecule has 0 saturated heterocycles. The molecule has 0 spiro atoms. The van der Waals surface area contributed by atoms with Crippen LogP contribution in [0.2, 0.25) is 0 Å². The normalized spacial score (nSPS) is 37.9. The van der Waals surface area contributed by atoms with Crippen LogP contribution in [0.4, 0.5) is 0 Å². The van der Waals surface area contributed by atoms with Gasteiger partial charge in [-0.3, -0.25) is 0 Å². The first kappa shape index (κ1) is 7.60. The molecule has 0 radical (unpaired) electrons. The minimum Gasteiger partial charge on any atom is -0.314 e. The van der Waals surface area contributed by atoms with Crippen LogP contribution in [0.1, 0.15) is 39.0 Å². The van der Waals surface area contributed by atoms with Gasteiger partial charge >= 0.3 is 0 Å². The number of rotatable bonds is 3. The maximum absolute atomic E-state index is 3.67. The van der Waals surface area contributed by atoms with Gasteiger partial charge in [-0.05, 0) is 50.5 Å². The molecule has 0 aromatic heterocycles. The Balaban J connectivity index is 1.62. The third-order valence-electron chi connectivity index (χ3n) is 3.09. The van der Waals surface area contributed by atoms with E-state index >= 15 is 0 Å². The van der Waals surface area contributed by atoms with E-state index in [4.69, 9.17) is 0 Å². The summed E-state index contributed by atoms with van der Waals surface area (Å²) < 4.78 is 0. The summed E-state index contributed by atoms with van der Waals surface area (Å²) in [5, 5.41) is 3.67. The topological polar surface area (TPSA) is 12.0 Å². The molecule has 64 valence electrons. The Morgan fingerprint density at radius 2 is 2.00 bits per heavy atom. The second kappa shape index (κ2) is 3.14. The van der Waals surface area contributed by atoms with Crippen molar-refractivity contribution in [3.8, 4) is 0 Å². The standard InChI is InChI=1S/C10H19N/c1-8-2-5-10(6-8)11-7-9-3-4-9/h8-11H,2-7H2,1H3/t8-,10+/m1/s1. The molecule has 2 atom stereocenters. The molecule has 2 saturated carbocycles. The number of hydrogen-bond donors (Lipinski definition) is 1. The van der Waals surface area contributed by atoms with Crippen molar-refractivity contribution < 1.29 is 0 Å². The lowest BCUT2D eigenvalue weighted by Gasteiger charge is -2.10. The molecule has 0 heterocycles. The summed E-state index contributed by atoms with van der Waals surface area (Å²) >= 11 is 0. The minimum atomic E-state index is 0.866. The highest BCUT2D eigenvalue weighted by Crippen LogP contribution is 2.29. The van der Waals surface area contributed by atoms with E-state index in [1.54, 1.807) is 0 Å². The van der Waals surface area contributed by atoms with Crippen LogP contribution in [0, 0.1) is 11.8 Å². The highest BCUT2D eigenvalue weighted by Gasteiger charge is 2.25. The van der Waals surface area contributed by atoms with Gasteiger partial charge in [-0.15, -0.1) is 0 Å². The maximum Gasteiger partial charge on any atom is 0.00698 e. The van der Waals surface area contributed by atoms with E-state index in [2.05, 4.69) is 12.2 Å². The van der Waals surface area contributed by atoms with Gasteiger partial charge in [0.1, 0.15) is 0 Å². The van der Waals surface area contributed by atoms with Crippen LogP contribution < -0.4 is 5.32 Å². The van der Waals surface area contributed by atoms with Crippen molar-refractivity contribution in [1.82, 2.24) is 5.32 Å². The number of hydrogen-bond acceptors (Lipinski definition) is 1. The number of nitrogens with one attached hydrogen (secondary N) is 1. The van der Waals surface area contributed by atoms with Crippen molar-refractivity contribution in [3.05, 3.63) is 0 Å². The summed E-state index contributed by atoms with van der Waals surface area (Å²) in [6.45, 7) is 3.68. The van der Waals surface area contributed by atoms with Gasteiger partial charge in [0.2, 0.25) is 0 Å². The molecule has 2 fully saturated rings. The van der Waals surface area contributed by atoms with E-state index in [-0.39, 0.29) is 0 Å². The van der Waals surface area contributed by atoms with Crippen LogP contribution in [0.5, 0.6) is 0 Å². The molecule has 2 aliphatic carbocycles. The fourth-order valence-corrected chi connectivity index (χ4v) is 2.05. The predicted molar refractivity (Wildman–Crippen MR) is 47.5 cm³/mol. The molecule has 0 aliphatic heterocycles. The molecule has 0 aromatic rings. The van der Waals surface area contributed by atoms with Gasteiger partial charge in [0.05, 0.1) is 0 Å². The molecule has 2 rings (SSSR count). The Morgan fingerprint density at radius 3 is 2.55 bits per heavy atom. The Labute approximate surface area is 69.6 Å². The van der Waals surface area contributed by atoms with Gasteiger partial charge in [0.25, 0.3) is 0 Å². The molecule has 11 heavy (non-hydrogen) atoms. The highest BCUT2D eigenvalue weighted by molar-refractivity contribution is 4.82. The minimum absolute atomic E-state index is 0.866. The monoisotopic (exact) mass is 153 g/mol. The molecule has 0 bridgehead atoms. The molecular weight excluding hydrogens is 134 g/mol. The van der Waals surface area contributed by atoms with Crippen molar-refractivity contribution in [2.75, 3.05) is 6.54 Å². The Kier molecular flexibility index (Phi) is 2.17. The predicted octanol–water partition coefficient (Wildman–Crippen LogP) is 2.17. The summed E-state index contributed by atoms with van der Waals surface area (Å²) in [5.41, 5.74) is 0. The summed E-state index contributed by atoms with van der Waals surface area (Å²) in [4.78, 5) is 0. The third kappa shape index (κ3) is 2.19. The first-order chi connectivity index (χ1) is 5.34. The average molecular weight is 153 g/mol. The van der Waals surface area contributed by atoms with Crippen molar-refractivity contribution in [3.63, 3.8) is 0 Å². The van der Waals surface area contributed by atoms with Crippen molar-refractivity contribution in [2.24, 2.45) is 11.8 Å². The molecule has 0 amide bonds. The second-order valence-corrected chi connectivity index (χ2v) is 4.47. The van der Waals surface area contributed by atoms with E-state index < -0.39 is 0 Å². The van der Waals surface area contributed by atoms with Crippen molar-refractivity contribution in [1.29, 1.82) is 0 Å². The maximum atomic E-state index is 3.67. The van der Waals surface area contributed by atoms with Crippen LogP contribution in [0.3, 0.4) is 0 Å². The highest BCUT2D eigenvalue weighted by atomic mass is 14.9. The van der Waals surface area contributed by atoms with Gasteiger partial charge in [0, 0.05) is 6.04 Å². The lowest BCUT2D eigenvalue weighted by atomic mass is 10.1. The first-order valence-corrected chi connectivity index (χ1v) is 5.08. The van der Waals surface area contributed by atoms with Crippen molar-refractivity contribution >= 4 is 0 Å². The molecule has 1 heteroatoms. The zero-order chi connectivity index (χ0) is 7.68. The van der Waals surface area contributed by atoms with E-state index in [0.29, 0.717) is 0 Å². The van der Waals surface area contributed by atoms with Gasteiger partial charge in [-0.2, -0.15) is 0 Å². The average Bonchev–Trinajstić information content (AvgIpc) is 2.72. The fraction of sp³-hybridized carbons (Fsp3) is 1.00. The Hall–Kier alpha value is -0.0400. The lowest BCUT2D eigenvalue weighted by Crippen LogP contribution is -2.28. The van der Waals surface area contributed by atoms with Crippen LogP contribution in [0.25, 0.3) is 0 Å². The van der Waals surface area contributed by atoms with Gasteiger partial charge in [0.15, 0.2) is 0 Å². The van der Waals surface area contributed by atoms with Gasteiger partial charge in [-0.1, -0.05) is 6.92 Å². The smallest absolute Gasteiger partial charge is 0.00698 e. The van der Waals surface area contributed by atoms with Crippen LogP contribution in [-0.4, -0.2) is 12.6 Å². The molecule has 0 unspecified atom stereocenters. The van der Waals surface area contributed by atoms with E-state index in [9.17, 15) is 0 Å². The summed E-state index contributed by atoms with van der Waals surface area (Å²) in [6.07, 6.45) is 7.26. The molecule has 0 aromatic carbocycles. The Morgan fingerprint density at radius 1 is 1.18 bits per heavy atom. The SMILES string of the molecule is C[C@@H]1CC[C@H](NCC2CC2)C1. The second-order valence-electron chi connectivity index (χ2n) is 4.47. The quantitative estimate of drug-likeness (QED) is 0.655. The molecular formula is C10H19N. The van der Waals surface area contributed by atoms with Crippen LogP contribution in [-0.2, 0) is 0 Å². The lowest BCUT2D eigenvalue weighted by molar-refractivity contribution is 0.490. The molecule has 1 nitrogen and oxygen atoms in total. The van der Waals surface area contributed by atoms with Gasteiger partial charge in [-0.25, -0.2) is 0 Å². The first-order valence-electron chi connectivity index (χ1n) is 5.08. The molecule has 1 N–H and O–H groups in total. The van der Waals surface area contributed by atoms with Crippen molar-refractivity contribution in [2.45, 2.75) is 45.1 Å². The largest absolute Gasteiger partial charge is 0.314 e.